The standard InChI is InChI=1S/Ba.FH.O3Si/c;;1-4(2)3/h;1H;/q+2;;-2/p-1. The van der Waals surface area contributed by atoms with Crippen LogP contribution in [0.5, 0.6) is 0 Å². The molecule has 0 saturated carbocycles. The molecule has 0 aromatic heterocycles. The van der Waals surface area contributed by atoms with Crippen molar-refractivity contribution in [2.45, 2.75) is 0 Å². The van der Waals surface area contributed by atoms with Gasteiger partial charge in [0.25, 0.3) is 0 Å². The maximum atomic E-state index is 8.52. The van der Waals surface area contributed by atoms with E-state index in [1.165, 1.54) is 0 Å². The van der Waals surface area contributed by atoms with Crippen molar-refractivity contribution in [1.29, 1.82) is 0 Å². The molecule has 0 aromatic rings. The Kier molecular flexibility index (Phi) is 24.7. The van der Waals surface area contributed by atoms with E-state index < -0.39 is 9.17 Å². The molecule has 0 aliphatic heterocycles. The van der Waals surface area contributed by atoms with Gasteiger partial charge in [-0.2, -0.15) is 0 Å². The van der Waals surface area contributed by atoms with Crippen molar-refractivity contribution in [3.8, 4) is 0 Å². The molecule has 0 aromatic carbocycles. The summed E-state index contributed by atoms with van der Waals surface area (Å²) in [5.41, 5.74) is 0. The summed E-state index contributed by atoms with van der Waals surface area (Å²) in [7, 11) is -3.63. The maximum absolute atomic E-state index is 8.52. The minimum atomic E-state index is -3.63. The predicted octanol–water partition coefficient (Wildman–Crippen LogP) is -6.25. The Labute approximate surface area is 75.7 Å². The van der Waals surface area contributed by atoms with Crippen LogP contribution in [0.1, 0.15) is 0 Å². The van der Waals surface area contributed by atoms with Crippen molar-refractivity contribution in [3.05, 3.63) is 0 Å². The van der Waals surface area contributed by atoms with Crippen molar-refractivity contribution >= 4 is 58.1 Å². The second-order valence-electron chi connectivity index (χ2n) is 0.250. The van der Waals surface area contributed by atoms with Gasteiger partial charge < -0.3 is 18.8 Å². The Morgan fingerprint density at radius 3 is 1.33 bits per heavy atom. The van der Waals surface area contributed by atoms with Crippen LogP contribution in [0, 0.1) is 0 Å². The van der Waals surface area contributed by atoms with Crippen molar-refractivity contribution < 1.29 is 18.8 Å². The Morgan fingerprint density at radius 2 is 1.33 bits per heavy atom. The van der Waals surface area contributed by atoms with Gasteiger partial charge in [-0.25, -0.2) is 0 Å². The zero-order valence-corrected chi connectivity index (χ0v) is 8.25. The summed E-state index contributed by atoms with van der Waals surface area (Å²) in [4.78, 5) is 17.0. The summed E-state index contributed by atoms with van der Waals surface area (Å²) in [5.74, 6) is 0. The molecule has 0 rings (SSSR count). The van der Waals surface area contributed by atoms with E-state index in [0.717, 1.165) is 0 Å². The van der Waals surface area contributed by atoms with Crippen molar-refractivity contribution in [1.82, 2.24) is 0 Å². The van der Waals surface area contributed by atoms with Gasteiger partial charge in [-0.3, -0.25) is 0 Å². The summed E-state index contributed by atoms with van der Waals surface area (Å²) < 4.78 is 8.52. The fourth-order valence-electron chi connectivity index (χ4n) is 0. The molecular formula is BaFO3Si-. The number of hydrogen-bond donors (Lipinski definition) is 0. The Bertz CT molecular complexity index is 33.8. The van der Waals surface area contributed by atoms with Gasteiger partial charge in [0.15, 0.2) is 0 Å². The fraction of sp³-hybridized carbons (Fsp3) is 0. The van der Waals surface area contributed by atoms with Crippen LogP contribution < -0.4 is 14.3 Å². The number of rotatable bonds is 0. The van der Waals surface area contributed by atoms with Crippen molar-refractivity contribution in [3.63, 3.8) is 0 Å². The van der Waals surface area contributed by atoms with E-state index in [1.54, 1.807) is 0 Å². The molecule has 32 valence electrons. The molecule has 6 heavy (non-hydrogen) atoms. The summed E-state index contributed by atoms with van der Waals surface area (Å²) >= 11 is 0. The normalized spacial score (nSPS) is 4.00. The van der Waals surface area contributed by atoms with E-state index in [-0.39, 0.29) is 53.6 Å². The molecule has 0 bridgehead atoms. The van der Waals surface area contributed by atoms with E-state index >= 15 is 0 Å². The van der Waals surface area contributed by atoms with Crippen molar-refractivity contribution in [2.75, 3.05) is 0 Å². The first-order valence-corrected chi connectivity index (χ1v) is 1.84. The molecule has 0 unspecified atom stereocenters. The van der Waals surface area contributed by atoms with E-state index in [1.807, 2.05) is 0 Å². The van der Waals surface area contributed by atoms with Gasteiger partial charge in [0.05, 0.1) is 0 Å². The van der Waals surface area contributed by atoms with E-state index in [0.29, 0.717) is 0 Å². The van der Waals surface area contributed by atoms with Crippen LogP contribution in [-0.4, -0.2) is 58.1 Å². The zero-order valence-electron chi connectivity index (χ0n) is 2.81. The first kappa shape index (κ1) is 15.7. The first-order valence-electron chi connectivity index (χ1n) is 0.612. The van der Waals surface area contributed by atoms with Gasteiger partial charge in [0, 0.05) is 9.17 Å². The third kappa shape index (κ3) is 69.4. The average molecular weight is 232 g/mol. The van der Waals surface area contributed by atoms with Crippen LogP contribution in [0.25, 0.3) is 0 Å². The van der Waals surface area contributed by atoms with E-state index in [9.17, 15) is 0 Å². The Hall–Kier alpha value is 1.12. The van der Waals surface area contributed by atoms with Gasteiger partial charge in [-0.05, 0) is 0 Å². The molecule has 0 aliphatic rings. The SMILES string of the molecule is O=[Si]([O-])[O-].[Ba+2].[F-]. The summed E-state index contributed by atoms with van der Waals surface area (Å²) in [6.07, 6.45) is 0. The van der Waals surface area contributed by atoms with Gasteiger partial charge in [-0.1, -0.05) is 0 Å². The quantitative estimate of drug-likeness (QED) is 0.390. The summed E-state index contributed by atoms with van der Waals surface area (Å²) in [6, 6.07) is 0. The van der Waals surface area contributed by atoms with Crippen LogP contribution in [-0.2, 0) is 4.46 Å². The number of halogens is 1. The second-order valence-corrected chi connectivity index (χ2v) is 0.750. The fourth-order valence-corrected chi connectivity index (χ4v) is 0. The minimum absolute atomic E-state index is 0. The van der Waals surface area contributed by atoms with Crippen LogP contribution in [0.3, 0.4) is 0 Å². The smallest absolute Gasteiger partial charge is 1.00 e. The van der Waals surface area contributed by atoms with Gasteiger partial charge >= 0.3 is 48.9 Å². The van der Waals surface area contributed by atoms with Crippen LogP contribution in [0.4, 0.5) is 0 Å². The summed E-state index contributed by atoms with van der Waals surface area (Å²) in [5, 5.41) is 0. The van der Waals surface area contributed by atoms with Crippen LogP contribution in [0.15, 0.2) is 0 Å². The monoisotopic (exact) mass is 233 g/mol. The molecule has 0 spiro atoms. The molecule has 6 heteroatoms. The molecule has 0 radical (unpaired) electrons. The molecule has 3 nitrogen and oxygen atoms in total. The molecule has 0 fully saturated rings. The average Bonchev–Trinajstić information content (AvgIpc) is 0.811. The minimum Gasteiger partial charge on any atom is -1.00 e. The van der Waals surface area contributed by atoms with Crippen molar-refractivity contribution in [2.24, 2.45) is 0 Å². The zero-order chi connectivity index (χ0) is 3.58. The Balaban J connectivity index is -0.0000000450. The van der Waals surface area contributed by atoms with Crippen LogP contribution >= 0.6 is 0 Å². The third-order valence-electron chi connectivity index (χ3n) is 0. The van der Waals surface area contributed by atoms with Gasteiger partial charge in [-0.15, -0.1) is 0 Å². The molecule has 0 N–H and O–H groups in total. The van der Waals surface area contributed by atoms with Gasteiger partial charge in [0.1, 0.15) is 0 Å². The molecule has 0 saturated heterocycles. The second kappa shape index (κ2) is 9.45. The third-order valence-corrected chi connectivity index (χ3v) is 0. The van der Waals surface area contributed by atoms with E-state index in [2.05, 4.69) is 0 Å². The molecule has 0 heterocycles. The Morgan fingerprint density at radius 1 is 1.33 bits per heavy atom. The number of hydrogen-bond acceptors (Lipinski definition) is 3. The maximum Gasteiger partial charge on any atom is 2.00 e. The van der Waals surface area contributed by atoms with E-state index in [4.69, 9.17) is 14.1 Å². The first-order chi connectivity index (χ1) is 1.73. The van der Waals surface area contributed by atoms with Crippen LogP contribution in [0.2, 0.25) is 0 Å². The molecular weight excluding hydrogens is 232 g/mol. The van der Waals surface area contributed by atoms with Gasteiger partial charge in [0.2, 0.25) is 0 Å². The topological polar surface area (TPSA) is 63.2 Å². The largest absolute Gasteiger partial charge is 2.00 e. The molecule has 0 amide bonds. The predicted molar refractivity (Wildman–Crippen MR) is 12.2 cm³/mol. The molecule has 0 atom stereocenters. The molecule has 0 aliphatic carbocycles. The summed E-state index contributed by atoms with van der Waals surface area (Å²) in [6.45, 7) is 0.